The zero-order valence-corrected chi connectivity index (χ0v) is 17.9. The van der Waals surface area contributed by atoms with Crippen LogP contribution in [0.2, 0.25) is 0 Å². The van der Waals surface area contributed by atoms with Crippen LogP contribution in [-0.4, -0.2) is 23.2 Å². The van der Waals surface area contributed by atoms with Gasteiger partial charge in [-0.15, -0.1) is 0 Å². The standard InChI is InChI=1S/C24H33NO3/c1-6-9-20(25-28-7-2)24-21(26)12-17(13-22(24)27)23-16(5)14(3)15(4)18-10-8-11-19(18)23/h17,26H,6-13H2,1-5H3. The van der Waals surface area contributed by atoms with Gasteiger partial charge in [0.25, 0.3) is 0 Å². The van der Waals surface area contributed by atoms with Gasteiger partial charge < -0.3 is 9.94 Å². The van der Waals surface area contributed by atoms with Gasteiger partial charge in [0.1, 0.15) is 12.4 Å². The molecule has 0 aromatic heterocycles. The molecule has 1 N–H and O–H groups in total. The molecule has 1 aromatic rings. The number of rotatable bonds is 6. The minimum absolute atomic E-state index is 0.00923. The van der Waals surface area contributed by atoms with Crippen molar-refractivity contribution in [2.75, 3.05) is 6.61 Å². The number of hydrogen-bond donors (Lipinski definition) is 1. The normalized spacial score (nSPS) is 20.0. The molecule has 4 heteroatoms. The zero-order chi connectivity index (χ0) is 20.4. The first kappa shape index (κ1) is 20.6. The molecule has 0 spiro atoms. The van der Waals surface area contributed by atoms with Crippen molar-refractivity contribution >= 4 is 11.5 Å². The van der Waals surface area contributed by atoms with Crippen LogP contribution < -0.4 is 0 Å². The molecule has 0 aliphatic heterocycles. The molecule has 0 fully saturated rings. The summed E-state index contributed by atoms with van der Waals surface area (Å²) >= 11 is 0. The van der Waals surface area contributed by atoms with E-state index in [9.17, 15) is 9.90 Å². The first-order chi connectivity index (χ1) is 13.4. The van der Waals surface area contributed by atoms with E-state index in [1.165, 1.54) is 39.8 Å². The maximum atomic E-state index is 13.1. The van der Waals surface area contributed by atoms with Gasteiger partial charge in [-0.25, -0.2) is 0 Å². The maximum Gasteiger partial charge on any atom is 0.168 e. The van der Waals surface area contributed by atoms with E-state index in [0.29, 0.717) is 37.2 Å². The molecule has 0 saturated heterocycles. The third kappa shape index (κ3) is 3.61. The van der Waals surface area contributed by atoms with Crippen LogP contribution in [0.5, 0.6) is 0 Å². The lowest BCUT2D eigenvalue weighted by molar-refractivity contribution is -0.116. The van der Waals surface area contributed by atoms with E-state index in [-0.39, 0.29) is 17.5 Å². The Labute approximate surface area is 168 Å². The number of benzene rings is 1. The Balaban J connectivity index is 2.02. The summed E-state index contributed by atoms with van der Waals surface area (Å²) in [4.78, 5) is 18.3. The molecule has 0 bridgehead atoms. The Morgan fingerprint density at radius 1 is 1.07 bits per heavy atom. The molecule has 2 aliphatic rings. The van der Waals surface area contributed by atoms with E-state index in [0.717, 1.165) is 19.3 Å². The maximum absolute atomic E-state index is 13.1. The van der Waals surface area contributed by atoms with Crippen LogP contribution in [0.1, 0.15) is 85.3 Å². The molecular weight excluding hydrogens is 350 g/mol. The summed E-state index contributed by atoms with van der Waals surface area (Å²) < 4.78 is 0. The van der Waals surface area contributed by atoms with E-state index in [1.54, 1.807) is 0 Å². The highest BCUT2D eigenvalue weighted by molar-refractivity contribution is 6.23. The van der Waals surface area contributed by atoms with Gasteiger partial charge in [-0.1, -0.05) is 18.5 Å². The Hall–Kier alpha value is -2.10. The highest BCUT2D eigenvalue weighted by Crippen LogP contribution is 2.43. The highest BCUT2D eigenvalue weighted by atomic mass is 16.6. The fraction of sp³-hybridized carbons (Fsp3) is 0.583. The van der Waals surface area contributed by atoms with Crippen LogP contribution in [0.4, 0.5) is 0 Å². The summed E-state index contributed by atoms with van der Waals surface area (Å²) in [5, 5.41) is 15.0. The van der Waals surface area contributed by atoms with Crippen molar-refractivity contribution in [2.24, 2.45) is 5.16 Å². The third-order valence-electron chi connectivity index (χ3n) is 6.45. The van der Waals surface area contributed by atoms with Crippen molar-refractivity contribution in [3.05, 3.63) is 44.7 Å². The first-order valence-electron chi connectivity index (χ1n) is 10.7. The number of Topliss-reactive ketones (excluding diaryl/α,β-unsaturated/α-hetero) is 1. The van der Waals surface area contributed by atoms with E-state index >= 15 is 0 Å². The molecule has 0 saturated carbocycles. The fourth-order valence-electron chi connectivity index (χ4n) is 4.96. The van der Waals surface area contributed by atoms with Gasteiger partial charge in [0.2, 0.25) is 0 Å². The van der Waals surface area contributed by atoms with Crippen molar-refractivity contribution in [3.63, 3.8) is 0 Å². The lowest BCUT2D eigenvalue weighted by Gasteiger charge is -2.29. The summed E-state index contributed by atoms with van der Waals surface area (Å²) in [6.07, 6.45) is 5.82. The number of ketones is 1. The number of nitrogens with zero attached hydrogens (tertiary/aromatic N) is 1. The Morgan fingerprint density at radius 3 is 2.43 bits per heavy atom. The topological polar surface area (TPSA) is 58.9 Å². The number of aliphatic hydroxyl groups is 1. The molecule has 0 radical (unpaired) electrons. The second-order valence-electron chi connectivity index (χ2n) is 8.16. The van der Waals surface area contributed by atoms with E-state index in [1.807, 2.05) is 13.8 Å². The van der Waals surface area contributed by atoms with Crippen molar-refractivity contribution in [1.29, 1.82) is 0 Å². The Bertz CT molecular complexity index is 848. The van der Waals surface area contributed by atoms with E-state index in [4.69, 9.17) is 4.84 Å². The SMILES string of the molecule is CCCC(=NOCC)C1=C(O)CC(c2c(C)c(C)c(C)c3c2CCC3)CC1=O. The van der Waals surface area contributed by atoms with Crippen molar-refractivity contribution in [2.45, 2.75) is 85.5 Å². The molecule has 4 nitrogen and oxygen atoms in total. The summed E-state index contributed by atoms with van der Waals surface area (Å²) in [5.41, 5.74) is 9.25. The minimum Gasteiger partial charge on any atom is -0.511 e. The summed E-state index contributed by atoms with van der Waals surface area (Å²) in [7, 11) is 0. The summed E-state index contributed by atoms with van der Waals surface area (Å²) in [6, 6.07) is 0. The molecule has 152 valence electrons. The monoisotopic (exact) mass is 383 g/mol. The Morgan fingerprint density at radius 2 is 1.79 bits per heavy atom. The second-order valence-corrected chi connectivity index (χ2v) is 8.16. The van der Waals surface area contributed by atoms with Crippen molar-refractivity contribution in [1.82, 2.24) is 0 Å². The summed E-state index contributed by atoms with van der Waals surface area (Å²) in [5.74, 6) is 0.222. The molecule has 1 aromatic carbocycles. The van der Waals surface area contributed by atoms with Gasteiger partial charge in [0, 0.05) is 12.8 Å². The zero-order valence-electron chi connectivity index (χ0n) is 17.9. The number of oxime groups is 1. The van der Waals surface area contributed by atoms with Crippen LogP contribution in [-0.2, 0) is 22.5 Å². The number of fused-ring (bicyclic) bond motifs is 1. The van der Waals surface area contributed by atoms with Crippen LogP contribution in [0.15, 0.2) is 16.5 Å². The van der Waals surface area contributed by atoms with Crippen LogP contribution in [0, 0.1) is 20.8 Å². The number of carbonyl (C=O) groups is 1. The molecule has 3 rings (SSSR count). The minimum atomic E-state index is -0.00923. The molecule has 2 aliphatic carbocycles. The van der Waals surface area contributed by atoms with Gasteiger partial charge >= 0.3 is 0 Å². The highest BCUT2D eigenvalue weighted by Gasteiger charge is 2.35. The third-order valence-corrected chi connectivity index (χ3v) is 6.45. The lowest BCUT2D eigenvalue weighted by Crippen LogP contribution is -2.25. The van der Waals surface area contributed by atoms with Crippen molar-refractivity contribution < 1.29 is 14.7 Å². The fourth-order valence-corrected chi connectivity index (χ4v) is 4.96. The lowest BCUT2D eigenvalue weighted by atomic mass is 9.75. The van der Waals surface area contributed by atoms with E-state index < -0.39 is 0 Å². The van der Waals surface area contributed by atoms with Crippen LogP contribution >= 0.6 is 0 Å². The first-order valence-corrected chi connectivity index (χ1v) is 10.7. The number of carbonyl (C=O) groups excluding carboxylic acids is 1. The second kappa shape index (κ2) is 8.50. The van der Waals surface area contributed by atoms with E-state index in [2.05, 4.69) is 25.9 Å². The molecule has 0 heterocycles. The van der Waals surface area contributed by atoms with Crippen molar-refractivity contribution in [3.8, 4) is 0 Å². The predicted molar refractivity (Wildman–Crippen MR) is 113 cm³/mol. The molecular formula is C24H33NO3. The van der Waals surface area contributed by atoms with Gasteiger partial charge in [0.05, 0.1) is 11.3 Å². The van der Waals surface area contributed by atoms with Crippen LogP contribution in [0.25, 0.3) is 0 Å². The summed E-state index contributed by atoms with van der Waals surface area (Å²) in [6.45, 7) is 10.9. The van der Waals surface area contributed by atoms with Gasteiger partial charge in [-0.3, -0.25) is 4.79 Å². The number of hydrogen-bond acceptors (Lipinski definition) is 4. The Kier molecular flexibility index (Phi) is 6.26. The van der Waals surface area contributed by atoms with Gasteiger partial charge in [-0.2, -0.15) is 0 Å². The quantitative estimate of drug-likeness (QED) is 0.517. The molecule has 1 unspecified atom stereocenters. The number of allylic oxidation sites excluding steroid dienone is 2. The average Bonchev–Trinajstić information content (AvgIpc) is 3.13. The number of aliphatic hydroxyl groups excluding tert-OH is 1. The molecule has 28 heavy (non-hydrogen) atoms. The molecule has 0 amide bonds. The largest absolute Gasteiger partial charge is 0.511 e. The molecule has 1 atom stereocenters. The predicted octanol–water partition coefficient (Wildman–Crippen LogP) is 5.55. The average molecular weight is 384 g/mol. The smallest absolute Gasteiger partial charge is 0.168 e. The van der Waals surface area contributed by atoms with Gasteiger partial charge in [-0.05, 0) is 92.7 Å². The van der Waals surface area contributed by atoms with Crippen LogP contribution in [0.3, 0.4) is 0 Å². The van der Waals surface area contributed by atoms with Gasteiger partial charge in [0.15, 0.2) is 5.78 Å².